The van der Waals surface area contributed by atoms with E-state index in [1.807, 2.05) is 17.0 Å². The van der Waals surface area contributed by atoms with Crippen LogP contribution in [-0.2, 0) is 11.3 Å². The molecule has 5 nitrogen and oxygen atoms in total. The summed E-state index contributed by atoms with van der Waals surface area (Å²) in [5.41, 5.74) is 1.68. The van der Waals surface area contributed by atoms with Gasteiger partial charge in [0.25, 0.3) is 5.91 Å². The smallest absolute Gasteiger partial charge is 0.251 e. The van der Waals surface area contributed by atoms with Gasteiger partial charge >= 0.3 is 0 Å². The minimum Gasteiger partial charge on any atom is -0.355 e. The molecule has 122 valence electrons. The van der Waals surface area contributed by atoms with Gasteiger partial charge in [-0.05, 0) is 17.7 Å². The largest absolute Gasteiger partial charge is 0.355 e. The summed E-state index contributed by atoms with van der Waals surface area (Å²) in [6, 6.07) is 7.38. The van der Waals surface area contributed by atoms with Crippen molar-refractivity contribution in [1.82, 2.24) is 15.5 Å². The van der Waals surface area contributed by atoms with E-state index in [1.165, 1.54) is 0 Å². The van der Waals surface area contributed by atoms with Gasteiger partial charge in [-0.1, -0.05) is 12.1 Å². The van der Waals surface area contributed by atoms with Gasteiger partial charge in [-0.15, -0.1) is 0 Å². The van der Waals surface area contributed by atoms with E-state index in [-0.39, 0.29) is 11.8 Å². The molecular formula is C15H23N3O2S2. The number of carbonyl (C=O) groups excluding carboxylic acids is 2. The minimum atomic E-state index is -0.107. The molecule has 1 aromatic rings. The van der Waals surface area contributed by atoms with Gasteiger partial charge in [0, 0.05) is 43.8 Å². The maximum atomic E-state index is 11.8. The molecule has 1 aromatic carbocycles. The number of rotatable bonds is 9. The van der Waals surface area contributed by atoms with Crippen LogP contribution in [0.25, 0.3) is 0 Å². The molecule has 0 aliphatic carbocycles. The second-order valence-electron chi connectivity index (χ2n) is 4.78. The second-order valence-corrected chi connectivity index (χ2v) is 5.68. The lowest BCUT2D eigenvalue weighted by atomic mass is 10.1. The summed E-state index contributed by atoms with van der Waals surface area (Å²) < 4.78 is 0. The Morgan fingerprint density at radius 2 is 1.82 bits per heavy atom. The number of thiol groups is 2. The van der Waals surface area contributed by atoms with E-state index in [4.69, 9.17) is 0 Å². The lowest BCUT2D eigenvalue weighted by Crippen LogP contribution is -2.38. The van der Waals surface area contributed by atoms with Crippen molar-refractivity contribution in [1.29, 1.82) is 0 Å². The Morgan fingerprint density at radius 3 is 2.36 bits per heavy atom. The molecule has 22 heavy (non-hydrogen) atoms. The molecule has 0 aliphatic rings. The molecule has 0 saturated heterocycles. The number of hydrogen-bond donors (Lipinski definition) is 4. The van der Waals surface area contributed by atoms with E-state index in [0.29, 0.717) is 43.2 Å². The van der Waals surface area contributed by atoms with E-state index in [1.54, 1.807) is 19.2 Å². The lowest BCUT2D eigenvalue weighted by Gasteiger charge is -2.21. The van der Waals surface area contributed by atoms with Gasteiger partial charge in [-0.2, -0.15) is 25.3 Å². The van der Waals surface area contributed by atoms with Gasteiger partial charge in [-0.3, -0.25) is 14.5 Å². The van der Waals surface area contributed by atoms with Gasteiger partial charge in [-0.25, -0.2) is 0 Å². The number of hydrogen-bond acceptors (Lipinski definition) is 5. The third-order valence-electron chi connectivity index (χ3n) is 3.07. The van der Waals surface area contributed by atoms with Crippen molar-refractivity contribution >= 4 is 37.1 Å². The van der Waals surface area contributed by atoms with Crippen LogP contribution in [0.15, 0.2) is 24.3 Å². The van der Waals surface area contributed by atoms with Crippen LogP contribution in [0.5, 0.6) is 0 Å². The van der Waals surface area contributed by atoms with Crippen LogP contribution in [0, 0.1) is 0 Å². The van der Waals surface area contributed by atoms with Gasteiger partial charge in [0.1, 0.15) is 0 Å². The zero-order valence-electron chi connectivity index (χ0n) is 12.7. The number of amides is 2. The molecule has 0 aromatic heterocycles. The first kappa shape index (κ1) is 18.9. The van der Waals surface area contributed by atoms with E-state index in [2.05, 4.69) is 35.9 Å². The molecule has 0 spiro atoms. The Kier molecular flexibility index (Phi) is 9.03. The van der Waals surface area contributed by atoms with Crippen molar-refractivity contribution in [2.24, 2.45) is 0 Å². The van der Waals surface area contributed by atoms with Gasteiger partial charge in [0.05, 0.1) is 6.54 Å². The van der Waals surface area contributed by atoms with Crippen molar-refractivity contribution in [2.45, 2.75) is 6.54 Å². The molecule has 0 unspecified atom stereocenters. The molecule has 0 heterocycles. The van der Waals surface area contributed by atoms with Crippen LogP contribution in [-0.4, -0.2) is 54.9 Å². The summed E-state index contributed by atoms with van der Waals surface area (Å²) >= 11 is 8.30. The molecule has 7 heteroatoms. The fourth-order valence-corrected chi connectivity index (χ4v) is 2.37. The predicted octanol–water partition coefficient (Wildman–Crippen LogP) is 0.824. The van der Waals surface area contributed by atoms with E-state index in [9.17, 15) is 9.59 Å². The highest BCUT2D eigenvalue weighted by molar-refractivity contribution is 7.80. The second kappa shape index (κ2) is 10.5. The fourth-order valence-electron chi connectivity index (χ4n) is 1.97. The molecule has 0 fully saturated rings. The molecule has 0 radical (unpaired) electrons. The zero-order valence-corrected chi connectivity index (χ0v) is 14.5. The van der Waals surface area contributed by atoms with Crippen molar-refractivity contribution < 1.29 is 9.59 Å². The molecule has 0 atom stereocenters. The number of benzene rings is 1. The van der Waals surface area contributed by atoms with Crippen LogP contribution in [0.3, 0.4) is 0 Å². The van der Waals surface area contributed by atoms with E-state index >= 15 is 0 Å². The third kappa shape index (κ3) is 6.72. The first-order chi connectivity index (χ1) is 10.6. The summed E-state index contributed by atoms with van der Waals surface area (Å²) in [5, 5.41) is 5.39. The van der Waals surface area contributed by atoms with Crippen molar-refractivity contribution in [3.63, 3.8) is 0 Å². The predicted molar refractivity (Wildman–Crippen MR) is 95.8 cm³/mol. The molecule has 1 rings (SSSR count). The first-order valence-electron chi connectivity index (χ1n) is 7.12. The quantitative estimate of drug-likeness (QED) is 0.503. The SMILES string of the molecule is CNC(=O)c1ccc(CN(CCS)CC(=O)NCCS)cc1. The van der Waals surface area contributed by atoms with Crippen LogP contribution < -0.4 is 10.6 Å². The summed E-state index contributed by atoms with van der Waals surface area (Å²) in [6.45, 7) is 2.25. The third-order valence-corrected chi connectivity index (χ3v) is 3.49. The van der Waals surface area contributed by atoms with Crippen LogP contribution in [0.4, 0.5) is 0 Å². The highest BCUT2D eigenvalue weighted by atomic mass is 32.1. The zero-order chi connectivity index (χ0) is 16.4. The van der Waals surface area contributed by atoms with E-state index < -0.39 is 0 Å². The van der Waals surface area contributed by atoms with Gasteiger partial charge in [0.15, 0.2) is 0 Å². The average Bonchev–Trinajstić information content (AvgIpc) is 2.53. The maximum Gasteiger partial charge on any atom is 0.251 e. The monoisotopic (exact) mass is 341 g/mol. The van der Waals surface area contributed by atoms with Crippen LogP contribution in [0.1, 0.15) is 15.9 Å². The number of nitrogens with zero attached hydrogens (tertiary/aromatic N) is 1. The Labute approximate surface area is 142 Å². The summed E-state index contributed by atoms with van der Waals surface area (Å²) in [5.74, 6) is 1.18. The van der Waals surface area contributed by atoms with E-state index in [0.717, 1.165) is 5.56 Å². The highest BCUT2D eigenvalue weighted by Crippen LogP contribution is 2.08. The van der Waals surface area contributed by atoms with Crippen molar-refractivity contribution in [3.05, 3.63) is 35.4 Å². The minimum absolute atomic E-state index is 0.0159. The number of nitrogens with one attached hydrogen (secondary N) is 2. The fraction of sp³-hybridized carbons (Fsp3) is 0.467. The molecule has 0 saturated carbocycles. The molecule has 2 N–H and O–H groups in total. The number of carbonyl (C=O) groups is 2. The van der Waals surface area contributed by atoms with Gasteiger partial charge < -0.3 is 10.6 Å². The van der Waals surface area contributed by atoms with Crippen LogP contribution >= 0.6 is 25.3 Å². The van der Waals surface area contributed by atoms with Crippen molar-refractivity contribution in [3.8, 4) is 0 Å². The summed E-state index contributed by atoms with van der Waals surface area (Å²) in [6.07, 6.45) is 0. The molecule has 2 amide bonds. The van der Waals surface area contributed by atoms with Crippen LogP contribution in [0.2, 0.25) is 0 Å². The van der Waals surface area contributed by atoms with Crippen molar-refractivity contribution in [2.75, 3.05) is 38.2 Å². The Morgan fingerprint density at radius 1 is 1.14 bits per heavy atom. The molecule has 0 aliphatic heterocycles. The first-order valence-corrected chi connectivity index (χ1v) is 8.39. The highest BCUT2D eigenvalue weighted by Gasteiger charge is 2.11. The normalized spacial score (nSPS) is 10.5. The standard InChI is InChI=1S/C15H23N3O2S2/c1-16-15(20)13-4-2-12(3-5-13)10-18(7-9-22)11-14(19)17-6-8-21/h2-5,21-22H,6-11H2,1H3,(H,16,20)(H,17,19). The Bertz CT molecular complexity index is 480. The Hall–Kier alpha value is -1.18. The maximum absolute atomic E-state index is 11.8. The van der Waals surface area contributed by atoms with Gasteiger partial charge in [0.2, 0.25) is 5.91 Å². The lowest BCUT2D eigenvalue weighted by molar-refractivity contribution is -0.122. The molecular weight excluding hydrogens is 318 g/mol. The summed E-state index contributed by atoms with van der Waals surface area (Å²) in [4.78, 5) is 25.3. The Balaban J connectivity index is 2.62. The average molecular weight is 342 g/mol. The summed E-state index contributed by atoms with van der Waals surface area (Å²) in [7, 11) is 1.61. The molecule has 0 bridgehead atoms. The topological polar surface area (TPSA) is 61.4 Å².